The molecule has 0 amide bonds. The third kappa shape index (κ3) is 10.0. The lowest BCUT2D eigenvalue weighted by atomic mass is 9.96. The molecule has 0 atom stereocenters. The zero-order valence-corrected chi connectivity index (χ0v) is 49.1. The van der Waals surface area contributed by atoms with Crippen LogP contribution in [-0.4, -0.2) is 29.1 Å². The first-order chi connectivity index (χ1) is 45.2. The lowest BCUT2D eigenvalue weighted by Gasteiger charge is -2.22. The van der Waals surface area contributed by atoms with Crippen molar-refractivity contribution in [2.45, 2.75) is 6.18 Å². The second-order valence-corrected chi connectivity index (χ2v) is 22.7. The molecular formula is C82H50F3N7. The number of rotatable bonds is 11. The number of aromatic nitrogens is 6. The molecule has 0 aliphatic carbocycles. The summed E-state index contributed by atoms with van der Waals surface area (Å²) >= 11 is 0. The maximum Gasteiger partial charge on any atom is 0.417 e. The van der Waals surface area contributed by atoms with Crippen molar-refractivity contribution in [3.63, 3.8) is 0 Å². The van der Waals surface area contributed by atoms with E-state index in [2.05, 4.69) is 57.9 Å². The standard InChI is InChI=1S/C82H50F3N7/c1-86-61-28-14-27-56(45-61)66-50-80(91-76-46-57(72-33-15-29-68(87-72)52-19-6-2-7-20-52)37-41-62(76)63-42-38-58(47-77(63)91)73-34-16-30-69(88-73)53-21-8-3-9-22-53)81(51-67(66)82(83,84)85)92-78-48-59(74-35-17-31-70(89-74)54-23-10-4-11-24-54)39-43-64(78)65-44-40-60(49-79(65)92)75-36-18-32-71(90-75)55-25-12-5-13-26-55/h2-51H. The van der Waals surface area contributed by atoms with Gasteiger partial charge in [0.2, 0.25) is 0 Å². The van der Waals surface area contributed by atoms with Crippen LogP contribution in [0.2, 0.25) is 0 Å². The fourth-order valence-electron chi connectivity index (χ4n) is 12.8. The molecule has 16 rings (SSSR count). The van der Waals surface area contributed by atoms with Crippen LogP contribution in [0.3, 0.4) is 0 Å². The average Bonchev–Trinajstić information content (AvgIpc) is 1.53. The van der Waals surface area contributed by atoms with Gasteiger partial charge in [0.1, 0.15) is 0 Å². The molecule has 434 valence electrons. The van der Waals surface area contributed by atoms with E-state index in [0.29, 0.717) is 39.5 Å². The zero-order valence-electron chi connectivity index (χ0n) is 49.1. The van der Waals surface area contributed by atoms with Gasteiger partial charge in [-0.15, -0.1) is 0 Å². The van der Waals surface area contributed by atoms with Crippen LogP contribution in [-0.2, 0) is 6.18 Å². The van der Waals surface area contributed by atoms with Crippen molar-refractivity contribution < 1.29 is 13.2 Å². The van der Waals surface area contributed by atoms with Gasteiger partial charge in [0.15, 0.2) is 5.69 Å². The molecule has 6 aromatic heterocycles. The highest BCUT2D eigenvalue weighted by Gasteiger charge is 2.36. The summed E-state index contributed by atoms with van der Waals surface area (Å²) in [4.78, 5) is 24.6. The minimum Gasteiger partial charge on any atom is -0.307 e. The lowest BCUT2D eigenvalue weighted by Crippen LogP contribution is -2.12. The van der Waals surface area contributed by atoms with E-state index in [1.807, 2.05) is 223 Å². The Balaban J connectivity index is 1.03. The fraction of sp³-hybridized carbons (Fsp3) is 0.0122. The highest BCUT2D eigenvalue weighted by atomic mass is 19.4. The first-order valence-corrected chi connectivity index (χ1v) is 30.2. The van der Waals surface area contributed by atoms with Crippen molar-refractivity contribution in [3.8, 4) is 113 Å². The number of hydrogen-bond donors (Lipinski definition) is 0. The van der Waals surface area contributed by atoms with Gasteiger partial charge >= 0.3 is 6.18 Å². The van der Waals surface area contributed by atoms with Gasteiger partial charge in [0.05, 0.1) is 91.1 Å². The van der Waals surface area contributed by atoms with Gasteiger partial charge in [0.25, 0.3) is 0 Å². The SMILES string of the molecule is [C-]#[N+]c1cccc(-c2cc(-n3c4cc(-c5cccc(-c6ccccc6)n5)ccc4c4ccc(-c5cccc(-c6ccccc6)n5)cc43)c(-n3c4cc(-c5cccc(-c6ccccc6)n5)ccc4c4ccc(-c5cccc(-c6ccccc6)n5)cc43)cc2C(F)(F)F)c1. The Morgan fingerprint density at radius 3 is 0.859 bits per heavy atom. The van der Waals surface area contributed by atoms with Gasteiger partial charge < -0.3 is 9.13 Å². The maximum absolute atomic E-state index is 16.8. The van der Waals surface area contributed by atoms with Gasteiger partial charge in [-0.05, 0) is 102 Å². The van der Waals surface area contributed by atoms with Crippen molar-refractivity contribution >= 4 is 49.3 Å². The van der Waals surface area contributed by atoms with E-state index in [0.717, 1.165) is 99.9 Å². The van der Waals surface area contributed by atoms with Crippen LogP contribution < -0.4 is 0 Å². The molecule has 6 heterocycles. The van der Waals surface area contributed by atoms with Crippen LogP contribution in [0.5, 0.6) is 0 Å². The summed E-state index contributed by atoms with van der Waals surface area (Å²) in [7, 11) is 0. The molecule has 10 aromatic carbocycles. The van der Waals surface area contributed by atoms with Crippen LogP contribution in [0.15, 0.2) is 303 Å². The molecule has 16 aromatic rings. The lowest BCUT2D eigenvalue weighted by molar-refractivity contribution is -0.137. The summed E-state index contributed by atoms with van der Waals surface area (Å²) in [5, 5.41) is 3.36. The second kappa shape index (κ2) is 22.7. The molecule has 0 N–H and O–H groups in total. The Hall–Kier alpha value is -12.3. The van der Waals surface area contributed by atoms with Crippen molar-refractivity contribution in [3.05, 3.63) is 320 Å². The molecule has 0 saturated carbocycles. The Labute approximate surface area is 527 Å². The number of alkyl halides is 3. The molecule has 0 radical (unpaired) electrons. The largest absolute Gasteiger partial charge is 0.417 e. The first kappa shape index (κ1) is 55.0. The van der Waals surface area contributed by atoms with Crippen molar-refractivity contribution in [1.29, 1.82) is 0 Å². The normalized spacial score (nSPS) is 11.6. The molecule has 0 fully saturated rings. The van der Waals surface area contributed by atoms with E-state index >= 15 is 13.2 Å². The number of halogens is 3. The van der Waals surface area contributed by atoms with Crippen molar-refractivity contribution in [2.75, 3.05) is 0 Å². The number of benzene rings is 10. The average molecular weight is 1190 g/mol. The predicted molar refractivity (Wildman–Crippen MR) is 366 cm³/mol. The van der Waals surface area contributed by atoms with E-state index in [1.165, 1.54) is 12.1 Å². The monoisotopic (exact) mass is 1190 g/mol. The third-order valence-corrected chi connectivity index (χ3v) is 17.2. The molecule has 0 saturated heterocycles. The molecule has 7 nitrogen and oxygen atoms in total. The smallest absolute Gasteiger partial charge is 0.307 e. The topological polar surface area (TPSA) is 65.8 Å². The van der Waals surface area contributed by atoms with E-state index in [9.17, 15) is 0 Å². The summed E-state index contributed by atoms with van der Waals surface area (Å²) in [6.45, 7) is 8.05. The summed E-state index contributed by atoms with van der Waals surface area (Å²) in [6.07, 6.45) is -4.89. The maximum atomic E-state index is 16.8. The summed E-state index contributed by atoms with van der Waals surface area (Å²) in [6, 6.07) is 97.9. The van der Waals surface area contributed by atoms with Gasteiger partial charge in [-0.2, -0.15) is 13.2 Å². The zero-order chi connectivity index (χ0) is 61.9. The molecule has 0 bridgehead atoms. The Morgan fingerprint density at radius 1 is 0.272 bits per heavy atom. The van der Waals surface area contributed by atoms with Crippen LogP contribution >= 0.6 is 0 Å². The highest BCUT2D eigenvalue weighted by molar-refractivity contribution is 6.14. The number of fused-ring (bicyclic) bond motifs is 6. The fourth-order valence-corrected chi connectivity index (χ4v) is 12.8. The number of nitrogens with zero attached hydrogens (tertiary/aromatic N) is 7. The van der Waals surface area contributed by atoms with Crippen molar-refractivity contribution in [2.24, 2.45) is 0 Å². The number of pyridine rings is 4. The van der Waals surface area contributed by atoms with E-state index in [-0.39, 0.29) is 22.5 Å². The van der Waals surface area contributed by atoms with Crippen LogP contribution in [0.1, 0.15) is 5.56 Å². The van der Waals surface area contributed by atoms with E-state index < -0.39 is 11.7 Å². The van der Waals surface area contributed by atoms with E-state index in [4.69, 9.17) is 26.5 Å². The quantitative estimate of drug-likeness (QED) is 0.121. The minimum absolute atomic E-state index is 0.0930. The third-order valence-electron chi connectivity index (χ3n) is 17.2. The van der Waals surface area contributed by atoms with Crippen LogP contribution in [0, 0.1) is 6.57 Å². The van der Waals surface area contributed by atoms with Crippen LogP contribution in [0.25, 0.3) is 161 Å². The van der Waals surface area contributed by atoms with Crippen LogP contribution in [0.4, 0.5) is 18.9 Å². The molecule has 0 aliphatic rings. The molecule has 10 heteroatoms. The minimum atomic E-state index is -4.89. The Bertz CT molecular complexity index is 5300. The molecule has 0 spiro atoms. The Kier molecular flexibility index (Phi) is 13.6. The molecule has 92 heavy (non-hydrogen) atoms. The summed E-state index contributed by atoms with van der Waals surface area (Å²) in [5.41, 5.74) is 15.8. The number of hydrogen-bond acceptors (Lipinski definition) is 4. The first-order valence-electron chi connectivity index (χ1n) is 30.2. The van der Waals surface area contributed by atoms with Gasteiger partial charge in [0, 0.05) is 66.1 Å². The summed E-state index contributed by atoms with van der Waals surface area (Å²) in [5.74, 6) is 0. The second-order valence-electron chi connectivity index (χ2n) is 22.7. The van der Waals surface area contributed by atoms with Gasteiger partial charge in [-0.1, -0.05) is 212 Å². The molecular weight excluding hydrogens is 1140 g/mol. The highest BCUT2D eigenvalue weighted by Crippen LogP contribution is 2.47. The van der Waals surface area contributed by atoms with E-state index in [1.54, 1.807) is 24.3 Å². The van der Waals surface area contributed by atoms with Gasteiger partial charge in [-0.3, -0.25) is 0 Å². The van der Waals surface area contributed by atoms with Crippen molar-refractivity contribution in [1.82, 2.24) is 29.1 Å². The van der Waals surface area contributed by atoms with Gasteiger partial charge in [-0.25, -0.2) is 24.8 Å². The predicted octanol–water partition coefficient (Wildman–Crippen LogP) is 22.0. The summed E-state index contributed by atoms with van der Waals surface area (Å²) < 4.78 is 54.4. The molecule has 0 aliphatic heterocycles. The Morgan fingerprint density at radius 2 is 0.554 bits per heavy atom. The molecule has 0 unspecified atom stereocenters.